The Morgan fingerprint density at radius 3 is 2.52 bits per heavy atom. The van der Waals surface area contributed by atoms with Crippen LogP contribution >= 0.6 is 22.9 Å². The molecule has 328 valence electrons. The average Bonchev–Trinajstić information content (AvgIpc) is 3.77. The molecule has 5 aliphatic rings. The summed E-state index contributed by atoms with van der Waals surface area (Å²) in [4.78, 5) is 55.8. The minimum absolute atomic E-state index is 0.0676. The zero-order valence-corrected chi connectivity index (χ0v) is 36.9. The number of hydrogen-bond acceptors (Lipinski definition) is 13. The Bertz CT molecular complexity index is 2230. The number of piperazine rings is 1. The van der Waals surface area contributed by atoms with Gasteiger partial charge in [-0.1, -0.05) is 49.2 Å². The number of β-amino-alcohol motifs (C(OH)–C–C–N with tert-alkyl or cyclic N) is 1. The van der Waals surface area contributed by atoms with E-state index in [-0.39, 0.29) is 30.6 Å². The molecule has 0 unspecified atom stereocenters. The largest absolute Gasteiger partial charge is 0.395 e. The number of carbonyl (C=O) groups is 3. The van der Waals surface area contributed by atoms with Crippen molar-refractivity contribution in [1.82, 2.24) is 19.9 Å². The number of fused-ring (bicyclic) bond motifs is 5. The second-order valence-corrected chi connectivity index (χ2v) is 19.3. The zero-order valence-electron chi connectivity index (χ0n) is 35.3. The molecule has 4 fully saturated rings. The van der Waals surface area contributed by atoms with Crippen LogP contribution in [0, 0.1) is 42.4 Å². The van der Waals surface area contributed by atoms with Gasteiger partial charge in [0.05, 0.1) is 40.3 Å². The summed E-state index contributed by atoms with van der Waals surface area (Å²) in [5, 5.41) is 45.3. The highest BCUT2D eigenvalue weighted by molar-refractivity contribution is 7.13. The first-order valence-electron chi connectivity index (χ1n) is 21.0. The molecule has 61 heavy (non-hydrogen) atoms. The Morgan fingerprint density at radius 1 is 1.10 bits per heavy atom. The van der Waals surface area contributed by atoms with Crippen LogP contribution in [0.15, 0.2) is 54.3 Å². The van der Waals surface area contributed by atoms with Gasteiger partial charge in [-0.15, -0.1) is 11.3 Å². The number of para-hydroxylation sites is 1. The number of benzene rings is 1. The van der Waals surface area contributed by atoms with Crippen molar-refractivity contribution in [1.29, 1.82) is 0 Å². The van der Waals surface area contributed by atoms with Crippen molar-refractivity contribution in [3.63, 3.8) is 0 Å². The second kappa shape index (κ2) is 17.3. The van der Waals surface area contributed by atoms with E-state index in [1.165, 1.54) is 23.5 Å². The number of aliphatic hydroxyl groups excluding tert-OH is 3. The number of nitrogens with one attached hydrogen (secondary N) is 1. The highest BCUT2D eigenvalue weighted by Gasteiger charge is 2.75. The number of halogens is 2. The fourth-order valence-electron chi connectivity index (χ4n) is 11.1. The molecule has 5 N–H and O–H groups in total. The lowest BCUT2D eigenvalue weighted by Gasteiger charge is -2.62. The molecule has 3 aromatic rings. The standard InChI is InChI=1S/C23H27ClN6O2S.C22H29FO5/c1-15-4-3-5-18(24)22(15)28-23(32)19-14-25-21(33-19)13-17-12-20(27-16(2)26-17)30-8-6-29(7-9-30)10-11-31;1-12-8-16-15-5-4-13-9-14(25)6-7-19(13,2)21(15,23)17(26)10-20(16,3)22(12,28)18(27)11-24/h3-5,12,14,31H,6-11,13H2,1-2H3,(H,28,32);6-7,9,12,15-17,24,26,28H,4-5,8,10-11H2,1-3H3/t;12-,15+,16+,17+,19+,20+,21+,22+/m.1/s1. The molecule has 1 amide bonds. The zero-order chi connectivity index (χ0) is 44.1. The maximum Gasteiger partial charge on any atom is 0.267 e. The van der Waals surface area contributed by atoms with Gasteiger partial charge >= 0.3 is 0 Å². The summed E-state index contributed by atoms with van der Waals surface area (Å²) in [5.41, 5.74) is -2.77. The molecule has 2 aromatic heterocycles. The predicted molar refractivity (Wildman–Crippen MR) is 232 cm³/mol. The van der Waals surface area contributed by atoms with Crippen molar-refractivity contribution in [2.75, 3.05) is 56.2 Å². The van der Waals surface area contributed by atoms with E-state index in [0.717, 1.165) is 48.3 Å². The van der Waals surface area contributed by atoms with Gasteiger partial charge in [-0.05, 0) is 82.1 Å². The summed E-state index contributed by atoms with van der Waals surface area (Å²) in [7, 11) is 0. The van der Waals surface area contributed by atoms with Crippen LogP contribution < -0.4 is 10.2 Å². The molecule has 3 saturated carbocycles. The molecule has 3 heterocycles. The van der Waals surface area contributed by atoms with Gasteiger partial charge in [-0.2, -0.15) is 0 Å². The molecule has 8 rings (SSSR count). The number of aryl methyl sites for hydroxylation is 2. The van der Waals surface area contributed by atoms with Crippen molar-refractivity contribution >= 4 is 51.9 Å². The number of alkyl halides is 1. The van der Waals surface area contributed by atoms with Crippen molar-refractivity contribution < 1.29 is 39.2 Å². The molecular weight excluding hydrogens is 823 g/mol. The van der Waals surface area contributed by atoms with E-state index in [9.17, 15) is 29.7 Å². The molecule has 0 bridgehead atoms. The van der Waals surface area contributed by atoms with Crippen LogP contribution in [0.3, 0.4) is 0 Å². The first kappa shape index (κ1) is 45.1. The van der Waals surface area contributed by atoms with Crippen LogP contribution in [0.2, 0.25) is 5.02 Å². The number of aliphatic hydroxyl groups is 4. The minimum Gasteiger partial charge on any atom is -0.395 e. The maximum absolute atomic E-state index is 16.9. The van der Waals surface area contributed by atoms with Gasteiger partial charge in [0.25, 0.3) is 5.91 Å². The highest BCUT2D eigenvalue weighted by atomic mass is 35.5. The fraction of sp³-hybridized carbons (Fsp3) is 0.556. The number of amides is 1. The molecule has 1 saturated heterocycles. The highest BCUT2D eigenvalue weighted by Crippen LogP contribution is 2.70. The maximum atomic E-state index is 16.9. The van der Waals surface area contributed by atoms with Gasteiger partial charge in [-0.3, -0.25) is 19.3 Å². The molecular formula is C45H56ClFN6O7S. The van der Waals surface area contributed by atoms with Gasteiger partial charge in [0, 0.05) is 62.0 Å². The molecule has 1 aliphatic heterocycles. The minimum atomic E-state index is -1.98. The molecule has 8 atom stereocenters. The van der Waals surface area contributed by atoms with Gasteiger partial charge in [-0.25, -0.2) is 19.3 Å². The van der Waals surface area contributed by atoms with E-state index in [4.69, 9.17) is 16.7 Å². The first-order chi connectivity index (χ1) is 28.9. The van der Waals surface area contributed by atoms with Crippen molar-refractivity contribution in [2.24, 2.45) is 28.6 Å². The van der Waals surface area contributed by atoms with Gasteiger partial charge < -0.3 is 30.6 Å². The summed E-state index contributed by atoms with van der Waals surface area (Å²) in [6, 6.07) is 7.51. The van der Waals surface area contributed by atoms with Gasteiger partial charge in [0.2, 0.25) is 0 Å². The molecule has 16 heteroatoms. The lowest BCUT2D eigenvalue weighted by atomic mass is 9.44. The van der Waals surface area contributed by atoms with E-state index < -0.39 is 52.4 Å². The number of thiazole rings is 1. The topological polar surface area (TPSA) is 189 Å². The van der Waals surface area contributed by atoms with E-state index in [1.807, 2.05) is 32.0 Å². The summed E-state index contributed by atoms with van der Waals surface area (Å²) in [6.07, 6.45) is 6.56. The normalized spacial score (nSPS) is 32.0. The first-order valence-corrected chi connectivity index (χ1v) is 22.2. The van der Waals surface area contributed by atoms with Gasteiger partial charge in [0.1, 0.15) is 28.7 Å². The van der Waals surface area contributed by atoms with Crippen LogP contribution in [0.5, 0.6) is 0 Å². The summed E-state index contributed by atoms with van der Waals surface area (Å²) < 4.78 is 16.9. The lowest BCUT2D eigenvalue weighted by molar-refractivity contribution is -0.219. The Hall–Kier alpha value is -3.96. The third-order valence-electron chi connectivity index (χ3n) is 14.4. The second-order valence-electron chi connectivity index (χ2n) is 17.7. The number of carbonyl (C=O) groups excluding carboxylic acids is 3. The number of allylic oxidation sites excluding steroid dienone is 4. The molecule has 4 aliphatic carbocycles. The van der Waals surface area contributed by atoms with Gasteiger partial charge in [0.15, 0.2) is 17.2 Å². The molecule has 1 aromatic carbocycles. The summed E-state index contributed by atoms with van der Waals surface area (Å²) in [6.45, 7) is 12.7. The molecule has 13 nitrogen and oxygen atoms in total. The number of hydrogen-bond donors (Lipinski definition) is 5. The Labute approximate surface area is 364 Å². The van der Waals surface area contributed by atoms with E-state index in [0.29, 0.717) is 59.2 Å². The SMILES string of the molecule is C[C@@H]1C[C@H]2[C@@H]3CCC4=CC(=O)C=C[C@]4(C)[C@@]3(F)[C@@H](O)C[C@]2(C)[C@@]1(O)C(=O)CO.Cc1nc(Cc2ncc(C(=O)Nc3c(C)cccc3Cl)s2)cc(N2CCN(CCO)CC2)n1. The predicted octanol–water partition coefficient (Wildman–Crippen LogP) is 5.06. The Morgan fingerprint density at radius 2 is 1.84 bits per heavy atom. The van der Waals surface area contributed by atoms with E-state index in [1.54, 1.807) is 39.1 Å². The Balaban J connectivity index is 0.000000186. The number of ketones is 2. The third kappa shape index (κ3) is 7.89. The smallest absolute Gasteiger partial charge is 0.267 e. The monoisotopic (exact) mass is 878 g/mol. The molecule has 0 spiro atoms. The average molecular weight is 879 g/mol. The fourth-order valence-corrected chi connectivity index (χ4v) is 12.2. The number of rotatable bonds is 9. The van der Waals surface area contributed by atoms with Crippen LogP contribution in [0.4, 0.5) is 15.9 Å². The number of Topliss-reactive ketones (excluding diaryl/α,β-unsaturated/α-hetero) is 1. The molecule has 0 radical (unpaired) electrons. The number of aromatic nitrogens is 3. The number of anilines is 2. The van der Waals surface area contributed by atoms with Crippen molar-refractivity contribution in [3.05, 3.63) is 86.3 Å². The lowest BCUT2D eigenvalue weighted by Crippen LogP contribution is -2.69. The third-order valence-corrected chi connectivity index (χ3v) is 15.7. The van der Waals surface area contributed by atoms with E-state index in [2.05, 4.69) is 30.1 Å². The van der Waals surface area contributed by atoms with Crippen molar-refractivity contribution in [3.8, 4) is 0 Å². The van der Waals surface area contributed by atoms with Crippen LogP contribution in [-0.4, -0.2) is 121 Å². The van der Waals surface area contributed by atoms with Crippen LogP contribution in [-0.2, 0) is 16.0 Å². The summed E-state index contributed by atoms with van der Waals surface area (Å²) in [5.74, 6) is -0.726. The van der Waals surface area contributed by atoms with Crippen molar-refractivity contribution in [2.45, 2.75) is 84.1 Å². The number of nitrogens with zero attached hydrogens (tertiary/aromatic N) is 5. The van der Waals surface area contributed by atoms with Crippen LogP contribution in [0.1, 0.15) is 78.2 Å². The van der Waals surface area contributed by atoms with Crippen LogP contribution in [0.25, 0.3) is 0 Å². The summed E-state index contributed by atoms with van der Waals surface area (Å²) >= 11 is 7.58. The Kier molecular flexibility index (Phi) is 12.8. The quantitative estimate of drug-likeness (QED) is 0.193. The van der Waals surface area contributed by atoms with E-state index >= 15 is 4.39 Å².